The van der Waals surface area contributed by atoms with Gasteiger partial charge in [-0.3, -0.25) is 4.99 Å². The second-order valence-electron chi connectivity index (χ2n) is 7.58. The number of hydrogen-bond donors (Lipinski definition) is 1. The van der Waals surface area contributed by atoms with Crippen molar-refractivity contribution < 1.29 is 0 Å². The Labute approximate surface area is 165 Å². The average molecular weight is 385 g/mol. The van der Waals surface area contributed by atoms with Crippen molar-refractivity contribution in [3.8, 4) is 0 Å². The van der Waals surface area contributed by atoms with Crippen molar-refractivity contribution in [1.29, 1.82) is 0 Å². The van der Waals surface area contributed by atoms with E-state index < -0.39 is 0 Å². The summed E-state index contributed by atoms with van der Waals surface area (Å²) in [6, 6.07) is 12.7. The first-order valence-corrected chi connectivity index (χ1v) is 10.8. The largest absolute Gasteiger partial charge is 0.343 e. The zero-order valence-corrected chi connectivity index (χ0v) is 17.0. The number of anilines is 1. The molecule has 1 N–H and O–H groups in total. The number of aryl methyl sites for hydroxylation is 2. The Morgan fingerprint density at radius 3 is 2.65 bits per heavy atom. The van der Waals surface area contributed by atoms with Crippen molar-refractivity contribution in [2.24, 2.45) is 10.4 Å². The number of benzene rings is 2. The number of hydrogen-bond acceptors (Lipinski definition) is 2. The third-order valence-corrected chi connectivity index (χ3v) is 6.98. The van der Waals surface area contributed by atoms with Crippen LogP contribution < -0.4 is 5.32 Å². The maximum absolute atomic E-state index is 6.14. The van der Waals surface area contributed by atoms with Crippen LogP contribution in [0.25, 0.3) is 0 Å². The standard InChI is InChI=1S/C22H25ClN2S/c1-15-10-18-13-22(6-8-26-9-7-22)21(25-20(18)11-16(15)2)24-14-17-4-3-5-19(23)12-17/h3-5,10-12H,6-9,13-14H2,1-2H3,(H,24,25). The average Bonchev–Trinajstić information content (AvgIpc) is 2.62. The van der Waals surface area contributed by atoms with Gasteiger partial charge in [-0.2, -0.15) is 11.8 Å². The predicted molar refractivity (Wildman–Crippen MR) is 115 cm³/mol. The maximum Gasteiger partial charge on any atom is 0.108 e. The summed E-state index contributed by atoms with van der Waals surface area (Å²) in [6.07, 6.45) is 3.50. The molecular weight excluding hydrogens is 360 g/mol. The molecule has 0 aromatic heterocycles. The number of thioether (sulfide) groups is 1. The number of nitrogens with zero attached hydrogens (tertiary/aromatic N) is 1. The molecule has 2 aromatic rings. The Bertz CT molecular complexity index is 853. The van der Waals surface area contributed by atoms with Crippen molar-refractivity contribution >= 4 is 34.9 Å². The molecule has 0 saturated carbocycles. The van der Waals surface area contributed by atoms with Gasteiger partial charge in [0.25, 0.3) is 0 Å². The number of fused-ring (bicyclic) bond motifs is 1. The molecule has 2 heterocycles. The molecule has 1 fully saturated rings. The molecule has 0 unspecified atom stereocenters. The minimum absolute atomic E-state index is 0.165. The van der Waals surface area contributed by atoms with Crippen LogP contribution in [0, 0.1) is 19.3 Å². The van der Waals surface area contributed by atoms with E-state index in [0.717, 1.165) is 17.0 Å². The Kier molecular flexibility index (Phi) is 5.02. The Balaban J connectivity index is 1.70. The fraction of sp³-hybridized carbons (Fsp3) is 0.409. The molecule has 2 aromatic carbocycles. The van der Waals surface area contributed by atoms with Gasteiger partial charge in [-0.1, -0.05) is 29.8 Å². The van der Waals surface area contributed by atoms with Gasteiger partial charge in [-0.25, -0.2) is 0 Å². The summed E-state index contributed by atoms with van der Waals surface area (Å²) < 4.78 is 0. The van der Waals surface area contributed by atoms with Crippen molar-refractivity contribution in [2.45, 2.75) is 39.7 Å². The highest BCUT2D eigenvalue weighted by Gasteiger charge is 2.41. The lowest BCUT2D eigenvalue weighted by atomic mass is 9.72. The van der Waals surface area contributed by atoms with Gasteiger partial charge in [0.15, 0.2) is 0 Å². The Morgan fingerprint density at radius 1 is 1.12 bits per heavy atom. The molecule has 1 spiro atoms. The minimum atomic E-state index is 0.165. The van der Waals surface area contributed by atoms with E-state index in [1.54, 1.807) is 0 Å². The lowest BCUT2D eigenvalue weighted by Crippen LogP contribution is -2.44. The number of halogens is 1. The summed E-state index contributed by atoms with van der Waals surface area (Å²) >= 11 is 8.21. The smallest absolute Gasteiger partial charge is 0.108 e. The van der Waals surface area contributed by atoms with Crippen LogP contribution in [-0.2, 0) is 13.0 Å². The van der Waals surface area contributed by atoms with E-state index in [1.807, 2.05) is 18.2 Å². The fourth-order valence-corrected chi connectivity index (χ4v) is 5.52. The number of aliphatic imine (C=N–C) groups is 1. The fourth-order valence-electron chi connectivity index (χ4n) is 4.04. The molecule has 4 heteroatoms. The van der Waals surface area contributed by atoms with Crippen molar-refractivity contribution in [1.82, 2.24) is 0 Å². The Hall–Kier alpha value is -1.45. The highest BCUT2D eigenvalue weighted by Crippen LogP contribution is 2.44. The molecule has 0 radical (unpaired) electrons. The van der Waals surface area contributed by atoms with Gasteiger partial charge in [0, 0.05) is 16.1 Å². The number of amidine groups is 1. The molecule has 4 rings (SSSR count). The Morgan fingerprint density at radius 2 is 1.88 bits per heavy atom. The molecule has 2 aliphatic rings. The maximum atomic E-state index is 6.14. The monoisotopic (exact) mass is 384 g/mol. The highest BCUT2D eigenvalue weighted by atomic mass is 35.5. The topological polar surface area (TPSA) is 24.4 Å². The van der Waals surface area contributed by atoms with Crippen LogP contribution >= 0.6 is 23.4 Å². The van der Waals surface area contributed by atoms with Crippen LogP contribution in [0.3, 0.4) is 0 Å². The lowest BCUT2D eigenvalue weighted by Gasteiger charge is -2.42. The van der Waals surface area contributed by atoms with Gasteiger partial charge in [0.05, 0.1) is 6.54 Å². The summed E-state index contributed by atoms with van der Waals surface area (Å²) in [4.78, 5) is 5.06. The second kappa shape index (κ2) is 7.28. The second-order valence-corrected chi connectivity index (χ2v) is 9.24. The van der Waals surface area contributed by atoms with E-state index >= 15 is 0 Å². The molecule has 1 saturated heterocycles. The van der Waals surface area contributed by atoms with Crippen molar-refractivity contribution in [2.75, 3.05) is 16.8 Å². The van der Waals surface area contributed by atoms with Gasteiger partial charge >= 0.3 is 0 Å². The third-order valence-electron chi connectivity index (χ3n) is 5.76. The number of nitrogens with one attached hydrogen (secondary N) is 1. The quantitative estimate of drug-likeness (QED) is 0.682. The van der Waals surface area contributed by atoms with E-state index in [2.05, 4.69) is 49.1 Å². The van der Waals surface area contributed by atoms with Gasteiger partial charge in [-0.15, -0.1) is 0 Å². The van der Waals surface area contributed by atoms with Crippen LogP contribution in [0.4, 0.5) is 5.69 Å². The van der Waals surface area contributed by atoms with E-state index in [4.69, 9.17) is 16.6 Å². The van der Waals surface area contributed by atoms with E-state index in [9.17, 15) is 0 Å². The SMILES string of the molecule is Cc1cc2c(cc1C)NC(=NCc1cccc(Cl)c1)C1(CCSCC1)C2. The molecule has 2 aliphatic heterocycles. The van der Waals surface area contributed by atoms with Gasteiger partial charge in [0.1, 0.15) is 5.84 Å². The zero-order valence-electron chi connectivity index (χ0n) is 15.4. The number of rotatable bonds is 2. The van der Waals surface area contributed by atoms with Crippen LogP contribution in [0.15, 0.2) is 41.4 Å². The molecule has 0 atom stereocenters. The zero-order chi connectivity index (χ0) is 18.1. The summed E-state index contributed by atoms with van der Waals surface area (Å²) in [5.74, 6) is 3.62. The highest BCUT2D eigenvalue weighted by molar-refractivity contribution is 7.99. The minimum Gasteiger partial charge on any atom is -0.343 e. The molecule has 2 nitrogen and oxygen atoms in total. The van der Waals surface area contributed by atoms with Crippen LogP contribution in [-0.4, -0.2) is 17.3 Å². The summed E-state index contributed by atoms with van der Waals surface area (Å²) in [7, 11) is 0. The first kappa shape index (κ1) is 17.9. The molecule has 136 valence electrons. The summed E-state index contributed by atoms with van der Waals surface area (Å²) in [5, 5.41) is 4.50. The first-order chi connectivity index (χ1) is 12.6. The van der Waals surface area contributed by atoms with Crippen LogP contribution in [0.5, 0.6) is 0 Å². The van der Waals surface area contributed by atoms with Crippen molar-refractivity contribution in [3.63, 3.8) is 0 Å². The van der Waals surface area contributed by atoms with Crippen LogP contribution in [0.2, 0.25) is 5.02 Å². The van der Waals surface area contributed by atoms with E-state index in [-0.39, 0.29) is 5.41 Å². The molecule has 26 heavy (non-hydrogen) atoms. The van der Waals surface area contributed by atoms with Crippen LogP contribution in [0.1, 0.15) is 35.1 Å². The van der Waals surface area contributed by atoms with Gasteiger partial charge in [-0.05, 0) is 85.1 Å². The third kappa shape index (κ3) is 3.52. The van der Waals surface area contributed by atoms with E-state index in [1.165, 1.54) is 52.6 Å². The van der Waals surface area contributed by atoms with Gasteiger partial charge < -0.3 is 5.32 Å². The first-order valence-electron chi connectivity index (χ1n) is 9.30. The molecular formula is C22H25ClN2S. The normalized spacial score (nSPS) is 20.0. The van der Waals surface area contributed by atoms with Crippen molar-refractivity contribution in [3.05, 3.63) is 63.7 Å². The predicted octanol–water partition coefficient (Wildman–Crippen LogP) is 6.04. The summed E-state index contributed by atoms with van der Waals surface area (Å²) in [6.45, 7) is 5.07. The van der Waals surface area contributed by atoms with Gasteiger partial charge in [0.2, 0.25) is 0 Å². The lowest BCUT2D eigenvalue weighted by molar-refractivity contribution is 0.377. The summed E-state index contributed by atoms with van der Waals surface area (Å²) in [5.41, 5.74) is 6.73. The molecule has 0 amide bonds. The van der Waals surface area contributed by atoms with E-state index in [0.29, 0.717) is 6.54 Å². The molecule has 0 bridgehead atoms. The molecule has 0 aliphatic carbocycles.